The molecule has 0 saturated heterocycles. The average molecular weight is 375 g/mol. The lowest BCUT2D eigenvalue weighted by Crippen LogP contribution is -2.29. The van der Waals surface area contributed by atoms with Crippen LogP contribution < -0.4 is 10.1 Å². The van der Waals surface area contributed by atoms with Crippen molar-refractivity contribution in [2.75, 3.05) is 20.3 Å². The van der Waals surface area contributed by atoms with E-state index in [0.717, 1.165) is 11.1 Å². The summed E-state index contributed by atoms with van der Waals surface area (Å²) in [6, 6.07) is 25.2. The minimum absolute atomic E-state index is 0.178. The number of aryl methyl sites for hydroxylation is 1. The van der Waals surface area contributed by atoms with E-state index in [2.05, 4.69) is 17.4 Å². The van der Waals surface area contributed by atoms with E-state index >= 15 is 0 Å². The SMILES string of the molecule is COCCOc1ccccc1C(=O)NC(c1ccccc1)c1ccc(C)cc1. The van der Waals surface area contributed by atoms with Crippen molar-refractivity contribution < 1.29 is 14.3 Å². The Morgan fingerprint density at radius 3 is 2.21 bits per heavy atom. The van der Waals surface area contributed by atoms with Gasteiger partial charge in [-0.1, -0.05) is 72.3 Å². The fourth-order valence-electron chi connectivity index (χ4n) is 2.99. The Morgan fingerprint density at radius 1 is 0.857 bits per heavy atom. The van der Waals surface area contributed by atoms with Crippen LogP contribution in [-0.2, 0) is 4.74 Å². The molecule has 3 aromatic rings. The van der Waals surface area contributed by atoms with Crippen LogP contribution >= 0.6 is 0 Å². The molecule has 1 atom stereocenters. The van der Waals surface area contributed by atoms with E-state index in [1.807, 2.05) is 61.5 Å². The second kappa shape index (κ2) is 9.72. The minimum Gasteiger partial charge on any atom is -0.490 e. The van der Waals surface area contributed by atoms with Gasteiger partial charge in [0, 0.05) is 7.11 Å². The Balaban J connectivity index is 1.87. The Hall–Kier alpha value is -3.11. The molecule has 3 aromatic carbocycles. The van der Waals surface area contributed by atoms with E-state index in [9.17, 15) is 4.79 Å². The standard InChI is InChI=1S/C24H25NO3/c1-18-12-14-20(15-13-18)23(19-8-4-3-5-9-19)25-24(26)21-10-6-7-11-22(21)28-17-16-27-2/h3-15,23H,16-17H2,1-2H3,(H,25,26). The third kappa shape index (κ3) is 4.99. The molecule has 0 radical (unpaired) electrons. The number of rotatable bonds is 8. The molecule has 0 aliphatic heterocycles. The van der Waals surface area contributed by atoms with Crippen LogP contribution in [0.4, 0.5) is 0 Å². The Labute approximate surface area is 166 Å². The quantitative estimate of drug-likeness (QED) is 0.588. The van der Waals surface area contributed by atoms with Crippen molar-refractivity contribution in [3.05, 3.63) is 101 Å². The van der Waals surface area contributed by atoms with E-state index in [1.54, 1.807) is 19.2 Å². The summed E-state index contributed by atoms with van der Waals surface area (Å²) in [7, 11) is 1.62. The van der Waals surface area contributed by atoms with Gasteiger partial charge in [-0.05, 0) is 30.2 Å². The van der Waals surface area contributed by atoms with Crippen molar-refractivity contribution in [1.29, 1.82) is 0 Å². The number of carbonyl (C=O) groups excluding carboxylic acids is 1. The molecule has 0 heterocycles. The van der Waals surface area contributed by atoms with Gasteiger partial charge >= 0.3 is 0 Å². The van der Waals surface area contributed by atoms with Gasteiger partial charge in [0.25, 0.3) is 5.91 Å². The predicted octanol–water partition coefficient (Wildman–Crippen LogP) is 4.54. The molecule has 144 valence electrons. The first kappa shape index (κ1) is 19.6. The van der Waals surface area contributed by atoms with Gasteiger partial charge in [0.05, 0.1) is 18.2 Å². The van der Waals surface area contributed by atoms with Crippen molar-refractivity contribution in [3.8, 4) is 5.75 Å². The van der Waals surface area contributed by atoms with Crippen molar-refractivity contribution in [1.82, 2.24) is 5.32 Å². The summed E-state index contributed by atoms with van der Waals surface area (Å²) in [5, 5.41) is 3.17. The smallest absolute Gasteiger partial charge is 0.255 e. The maximum atomic E-state index is 13.1. The zero-order chi connectivity index (χ0) is 19.8. The van der Waals surface area contributed by atoms with Gasteiger partial charge < -0.3 is 14.8 Å². The fraction of sp³-hybridized carbons (Fsp3) is 0.208. The van der Waals surface area contributed by atoms with Crippen LogP contribution in [-0.4, -0.2) is 26.2 Å². The van der Waals surface area contributed by atoms with Crippen molar-refractivity contribution in [2.45, 2.75) is 13.0 Å². The lowest BCUT2D eigenvalue weighted by Gasteiger charge is -2.21. The molecule has 0 saturated carbocycles. The first-order valence-corrected chi connectivity index (χ1v) is 9.32. The topological polar surface area (TPSA) is 47.6 Å². The molecule has 1 N–H and O–H groups in total. The number of benzene rings is 3. The monoisotopic (exact) mass is 375 g/mol. The van der Waals surface area contributed by atoms with E-state index in [-0.39, 0.29) is 11.9 Å². The molecule has 0 aliphatic rings. The number of hydrogen-bond donors (Lipinski definition) is 1. The van der Waals surface area contributed by atoms with E-state index in [4.69, 9.17) is 9.47 Å². The number of ether oxygens (including phenoxy) is 2. The number of methoxy groups -OCH3 is 1. The molecular formula is C24H25NO3. The summed E-state index contributed by atoms with van der Waals surface area (Å²) < 4.78 is 10.7. The third-order valence-electron chi connectivity index (χ3n) is 4.50. The van der Waals surface area contributed by atoms with Gasteiger partial charge in [0.1, 0.15) is 12.4 Å². The number of nitrogens with one attached hydrogen (secondary N) is 1. The minimum atomic E-state index is -0.249. The maximum absolute atomic E-state index is 13.1. The summed E-state index contributed by atoms with van der Waals surface area (Å²) in [6.45, 7) is 2.90. The molecular weight excluding hydrogens is 350 g/mol. The molecule has 0 aromatic heterocycles. The molecule has 28 heavy (non-hydrogen) atoms. The normalized spacial score (nSPS) is 11.6. The van der Waals surface area contributed by atoms with Crippen LogP contribution in [0.3, 0.4) is 0 Å². The lowest BCUT2D eigenvalue weighted by atomic mass is 9.97. The van der Waals surface area contributed by atoms with E-state index in [0.29, 0.717) is 24.5 Å². The van der Waals surface area contributed by atoms with Crippen molar-refractivity contribution >= 4 is 5.91 Å². The molecule has 4 heteroatoms. The van der Waals surface area contributed by atoms with Crippen LogP contribution in [0.5, 0.6) is 5.75 Å². The van der Waals surface area contributed by atoms with Gasteiger partial charge in [-0.2, -0.15) is 0 Å². The van der Waals surface area contributed by atoms with Gasteiger partial charge in [-0.3, -0.25) is 4.79 Å². The lowest BCUT2D eigenvalue weighted by molar-refractivity contribution is 0.0935. The Morgan fingerprint density at radius 2 is 1.50 bits per heavy atom. The second-order valence-electron chi connectivity index (χ2n) is 6.57. The number of hydrogen-bond acceptors (Lipinski definition) is 3. The van der Waals surface area contributed by atoms with Crippen LogP contribution in [0.25, 0.3) is 0 Å². The molecule has 1 amide bonds. The van der Waals surface area contributed by atoms with Crippen LogP contribution in [0.1, 0.15) is 33.1 Å². The largest absolute Gasteiger partial charge is 0.490 e. The highest BCUT2D eigenvalue weighted by atomic mass is 16.5. The molecule has 3 rings (SSSR count). The van der Waals surface area contributed by atoms with Crippen molar-refractivity contribution in [3.63, 3.8) is 0 Å². The summed E-state index contributed by atoms with van der Waals surface area (Å²) in [4.78, 5) is 13.1. The molecule has 0 aliphatic carbocycles. The summed E-state index contributed by atoms with van der Waals surface area (Å²) in [6.07, 6.45) is 0. The van der Waals surface area contributed by atoms with Gasteiger partial charge in [0.2, 0.25) is 0 Å². The highest BCUT2D eigenvalue weighted by molar-refractivity contribution is 5.97. The third-order valence-corrected chi connectivity index (χ3v) is 4.50. The van der Waals surface area contributed by atoms with Gasteiger partial charge in [0.15, 0.2) is 0 Å². The highest BCUT2D eigenvalue weighted by Gasteiger charge is 2.20. The van der Waals surface area contributed by atoms with Crippen LogP contribution in [0, 0.1) is 6.92 Å². The summed E-state index contributed by atoms with van der Waals surface area (Å²) in [5.74, 6) is 0.371. The highest BCUT2D eigenvalue weighted by Crippen LogP contribution is 2.25. The number of carbonyl (C=O) groups is 1. The Bertz CT molecular complexity index is 891. The average Bonchev–Trinajstić information content (AvgIpc) is 2.74. The van der Waals surface area contributed by atoms with Gasteiger partial charge in [-0.25, -0.2) is 0 Å². The number of para-hydroxylation sites is 1. The summed E-state index contributed by atoms with van der Waals surface area (Å²) >= 11 is 0. The first-order valence-electron chi connectivity index (χ1n) is 9.32. The predicted molar refractivity (Wildman–Crippen MR) is 111 cm³/mol. The second-order valence-corrected chi connectivity index (χ2v) is 6.57. The fourth-order valence-corrected chi connectivity index (χ4v) is 2.99. The zero-order valence-corrected chi connectivity index (χ0v) is 16.2. The number of amides is 1. The van der Waals surface area contributed by atoms with Gasteiger partial charge in [-0.15, -0.1) is 0 Å². The molecule has 0 bridgehead atoms. The molecule has 4 nitrogen and oxygen atoms in total. The van der Waals surface area contributed by atoms with Crippen LogP contribution in [0.15, 0.2) is 78.9 Å². The Kier molecular flexibility index (Phi) is 6.82. The molecule has 0 spiro atoms. The first-order chi connectivity index (χ1) is 13.7. The molecule has 1 unspecified atom stereocenters. The van der Waals surface area contributed by atoms with E-state index < -0.39 is 0 Å². The van der Waals surface area contributed by atoms with E-state index in [1.165, 1.54) is 5.56 Å². The maximum Gasteiger partial charge on any atom is 0.255 e. The summed E-state index contributed by atoms with van der Waals surface area (Å²) in [5.41, 5.74) is 3.74. The van der Waals surface area contributed by atoms with Crippen LogP contribution in [0.2, 0.25) is 0 Å². The molecule has 0 fully saturated rings. The zero-order valence-electron chi connectivity index (χ0n) is 16.2. The van der Waals surface area contributed by atoms with Crippen molar-refractivity contribution in [2.24, 2.45) is 0 Å².